The average molecular weight is 332 g/mol. The van der Waals surface area contributed by atoms with Gasteiger partial charge in [0, 0.05) is 44.5 Å². The first-order valence-electron chi connectivity index (χ1n) is 8.12. The number of hydrogen-bond acceptors (Lipinski definition) is 5. The molecule has 2 amide bonds. The van der Waals surface area contributed by atoms with Crippen molar-refractivity contribution in [2.24, 2.45) is 0 Å². The molecule has 2 aromatic heterocycles. The number of aromatic nitrogens is 3. The second-order valence-electron chi connectivity index (χ2n) is 5.49. The van der Waals surface area contributed by atoms with Crippen LogP contribution in [0.2, 0.25) is 0 Å². The van der Waals surface area contributed by atoms with Crippen LogP contribution in [0.15, 0.2) is 18.6 Å². The molecule has 0 aliphatic rings. The molecule has 8 nitrogen and oxygen atoms in total. The Morgan fingerprint density at radius 1 is 1.17 bits per heavy atom. The zero-order valence-corrected chi connectivity index (χ0v) is 14.4. The normalized spacial score (nSPS) is 11.0. The minimum atomic E-state index is -0.251. The highest BCUT2D eigenvalue weighted by Gasteiger charge is 2.14. The third-order valence-corrected chi connectivity index (χ3v) is 3.74. The van der Waals surface area contributed by atoms with Crippen LogP contribution in [0.4, 0.5) is 0 Å². The Morgan fingerprint density at radius 3 is 2.54 bits per heavy atom. The summed E-state index contributed by atoms with van der Waals surface area (Å²) in [5, 5.41) is 9.59. The fourth-order valence-electron chi connectivity index (χ4n) is 2.37. The number of fused-ring (bicyclic) bond motifs is 1. The van der Waals surface area contributed by atoms with Gasteiger partial charge in [-0.1, -0.05) is 13.8 Å². The van der Waals surface area contributed by atoms with E-state index in [0.717, 1.165) is 25.2 Å². The van der Waals surface area contributed by atoms with Crippen LogP contribution < -0.4 is 10.6 Å². The highest BCUT2D eigenvalue weighted by Crippen LogP contribution is 2.10. The van der Waals surface area contributed by atoms with E-state index in [-0.39, 0.29) is 11.8 Å². The van der Waals surface area contributed by atoms with Gasteiger partial charge in [0.15, 0.2) is 5.65 Å². The van der Waals surface area contributed by atoms with E-state index in [1.54, 1.807) is 10.7 Å². The van der Waals surface area contributed by atoms with Gasteiger partial charge in [0.05, 0.1) is 6.20 Å². The molecule has 0 bridgehead atoms. The first-order valence-corrected chi connectivity index (χ1v) is 8.12. The highest BCUT2D eigenvalue weighted by atomic mass is 16.2. The van der Waals surface area contributed by atoms with Gasteiger partial charge in [-0.05, 0) is 13.1 Å². The van der Waals surface area contributed by atoms with E-state index >= 15 is 0 Å². The summed E-state index contributed by atoms with van der Waals surface area (Å²) in [5.41, 5.74) is 1.99. The third kappa shape index (κ3) is 4.51. The number of nitrogens with one attached hydrogen (secondary N) is 2. The predicted octanol–water partition coefficient (Wildman–Crippen LogP) is 0.437. The summed E-state index contributed by atoms with van der Waals surface area (Å²) in [6, 6.07) is 0. The van der Waals surface area contributed by atoms with Gasteiger partial charge in [-0.15, -0.1) is 0 Å². The van der Waals surface area contributed by atoms with E-state index < -0.39 is 0 Å². The van der Waals surface area contributed by atoms with Gasteiger partial charge in [0.25, 0.3) is 5.91 Å². The van der Waals surface area contributed by atoms with Crippen molar-refractivity contribution in [1.82, 2.24) is 30.1 Å². The summed E-state index contributed by atoms with van der Waals surface area (Å²) in [7, 11) is 0. The zero-order valence-electron chi connectivity index (χ0n) is 14.4. The third-order valence-electron chi connectivity index (χ3n) is 3.74. The lowest BCUT2D eigenvalue weighted by atomic mass is 10.3. The van der Waals surface area contributed by atoms with Crippen molar-refractivity contribution in [3.63, 3.8) is 0 Å². The van der Waals surface area contributed by atoms with Crippen molar-refractivity contribution in [1.29, 1.82) is 0 Å². The van der Waals surface area contributed by atoms with E-state index in [1.807, 2.05) is 6.20 Å². The number of rotatable bonds is 8. The van der Waals surface area contributed by atoms with E-state index in [9.17, 15) is 9.59 Å². The number of hydrogen-bond donors (Lipinski definition) is 2. The first-order chi connectivity index (χ1) is 11.5. The molecule has 0 unspecified atom stereocenters. The van der Waals surface area contributed by atoms with Crippen molar-refractivity contribution in [2.45, 2.75) is 27.3 Å². The lowest BCUT2D eigenvalue weighted by molar-refractivity contribution is -0.118. The molecule has 0 aromatic carbocycles. The summed E-state index contributed by atoms with van der Waals surface area (Å²) in [6.07, 6.45) is 5.19. The minimum Gasteiger partial charge on any atom is -0.355 e. The Morgan fingerprint density at radius 2 is 1.88 bits per heavy atom. The zero-order chi connectivity index (χ0) is 17.5. The topological polar surface area (TPSA) is 91.6 Å². The molecule has 0 fully saturated rings. The average Bonchev–Trinajstić information content (AvgIpc) is 2.99. The van der Waals surface area contributed by atoms with Gasteiger partial charge in [0.1, 0.15) is 5.56 Å². The molecule has 24 heavy (non-hydrogen) atoms. The van der Waals surface area contributed by atoms with E-state index in [2.05, 4.69) is 39.5 Å². The number of amides is 2. The number of nitrogens with zero attached hydrogens (tertiary/aromatic N) is 4. The molecule has 0 spiro atoms. The monoisotopic (exact) mass is 332 g/mol. The van der Waals surface area contributed by atoms with Crippen LogP contribution >= 0.6 is 0 Å². The maximum Gasteiger partial charge on any atom is 0.256 e. The van der Waals surface area contributed by atoms with Gasteiger partial charge in [-0.3, -0.25) is 14.5 Å². The molecule has 2 rings (SSSR count). The highest BCUT2D eigenvalue weighted by molar-refractivity contribution is 5.99. The first kappa shape index (κ1) is 17.9. The second-order valence-corrected chi connectivity index (χ2v) is 5.49. The van der Waals surface area contributed by atoms with Crippen LogP contribution in [0.5, 0.6) is 0 Å². The minimum absolute atomic E-state index is 0.123. The molecular formula is C16H24N6O2. The standard InChI is InChI=1S/C16H24N6O2/c1-4-21(5-2)10-13-8-19-15-14(9-20-22(15)11-13)16(24)18-7-6-17-12(3)23/h8-9,11H,4-7,10H2,1-3H3,(H,17,23)(H,18,24). The van der Waals surface area contributed by atoms with E-state index in [0.29, 0.717) is 24.3 Å². The fraction of sp³-hybridized carbons (Fsp3) is 0.500. The Balaban J connectivity index is 2.04. The van der Waals surface area contributed by atoms with Crippen LogP contribution in [0.3, 0.4) is 0 Å². The smallest absolute Gasteiger partial charge is 0.256 e. The van der Waals surface area contributed by atoms with Crippen LogP contribution in [0.25, 0.3) is 5.65 Å². The molecule has 0 aliphatic carbocycles. The molecule has 0 saturated carbocycles. The van der Waals surface area contributed by atoms with Crippen molar-refractivity contribution >= 4 is 17.5 Å². The van der Waals surface area contributed by atoms with Crippen LogP contribution in [0.1, 0.15) is 36.7 Å². The Bertz CT molecular complexity index is 708. The van der Waals surface area contributed by atoms with E-state index in [1.165, 1.54) is 13.1 Å². The summed E-state index contributed by atoms with van der Waals surface area (Å²) in [5.74, 6) is -0.373. The van der Waals surface area contributed by atoms with Crippen molar-refractivity contribution in [3.05, 3.63) is 29.7 Å². The van der Waals surface area contributed by atoms with Gasteiger partial charge in [-0.2, -0.15) is 5.10 Å². The van der Waals surface area contributed by atoms with Crippen LogP contribution in [-0.4, -0.2) is 57.5 Å². The predicted molar refractivity (Wildman–Crippen MR) is 90.6 cm³/mol. The Kier molecular flexibility index (Phi) is 6.25. The van der Waals surface area contributed by atoms with Crippen molar-refractivity contribution in [2.75, 3.05) is 26.2 Å². The fourth-order valence-corrected chi connectivity index (χ4v) is 2.37. The summed E-state index contributed by atoms with van der Waals surface area (Å²) < 4.78 is 1.63. The van der Waals surface area contributed by atoms with Crippen LogP contribution in [0, 0.1) is 0 Å². The molecule has 0 atom stereocenters. The molecule has 0 saturated heterocycles. The molecule has 2 aromatic rings. The second kappa shape index (κ2) is 8.39. The Labute approximate surface area is 141 Å². The maximum atomic E-state index is 12.2. The largest absolute Gasteiger partial charge is 0.355 e. The number of carbonyl (C=O) groups is 2. The lowest BCUT2D eigenvalue weighted by Crippen LogP contribution is -2.33. The molecular weight excluding hydrogens is 308 g/mol. The number of carbonyl (C=O) groups excluding carboxylic acids is 2. The maximum absolute atomic E-state index is 12.2. The summed E-state index contributed by atoms with van der Waals surface area (Å²) in [6.45, 7) is 9.16. The molecule has 130 valence electrons. The summed E-state index contributed by atoms with van der Waals surface area (Å²) >= 11 is 0. The Hall–Kier alpha value is -2.48. The molecule has 0 radical (unpaired) electrons. The molecule has 2 N–H and O–H groups in total. The van der Waals surface area contributed by atoms with Crippen molar-refractivity contribution < 1.29 is 9.59 Å². The van der Waals surface area contributed by atoms with Gasteiger partial charge < -0.3 is 10.6 Å². The molecule has 2 heterocycles. The van der Waals surface area contributed by atoms with Gasteiger partial charge in [-0.25, -0.2) is 9.50 Å². The van der Waals surface area contributed by atoms with Gasteiger partial charge in [0.2, 0.25) is 5.91 Å². The van der Waals surface area contributed by atoms with Crippen LogP contribution in [-0.2, 0) is 11.3 Å². The van der Waals surface area contributed by atoms with E-state index in [4.69, 9.17) is 0 Å². The quantitative estimate of drug-likeness (QED) is 0.684. The van der Waals surface area contributed by atoms with Crippen molar-refractivity contribution in [3.8, 4) is 0 Å². The molecule has 0 aliphatic heterocycles. The summed E-state index contributed by atoms with van der Waals surface area (Å²) in [4.78, 5) is 29.7. The molecule has 8 heteroatoms. The SMILES string of the molecule is CCN(CC)Cc1cnc2c(C(=O)NCCNC(C)=O)cnn2c1. The van der Waals surface area contributed by atoms with Gasteiger partial charge >= 0.3 is 0 Å². The lowest BCUT2D eigenvalue weighted by Gasteiger charge is -2.17.